The molecule has 0 aliphatic heterocycles. The SMILES string of the molecule is C=CC(C)(CCC=C(C)C)Oc1cc(OC)cc(CCc2ccccc2)c1C(=O)OCC. The van der Waals surface area contributed by atoms with Crippen molar-refractivity contribution >= 4 is 5.97 Å². The highest BCUT2D eigenvalue weighted by Crippen LogP contribution is 2.34. The molecule has 0 bridgehead atoms. The molecule has 4 heteroatoms. The van der Waals surface area contributed by atoms with Crippen LogP contribution in [0.1, 0.15) is 62.0 Å². The van der Waals surface area contributed by atoms with Crippen molar-refractivity contribution in [2.24, 2.45) is 0 Å². The molecular weight excluding hydrogens is 400 g/mol. The quantitative estimate of drug-likeness (QED) is 0.273. The number of hydrogen-bond donors (Lipinski definition) is 0. The van der Waals surface area contributed by atoms with E-state index in [0.29, 0.717) is 30.1 Å². The van der Waals surface area contributed by atoms with E-state index in [4.69, 9.17) is 14.2 Å². The van der Waals surface area contributed by atoms with E-state index in [1.165, 1.54) is 11.1 Å². The van der Waals surface area contributed by atoms with Crippen LogP contribution < -0.4 is 9.47 Å². The second-order valence-electron chi connectivity index (χ2n) is 8.30. The van der Waals surface area contributed by atoms with Gasteiger partial charge in [-0.2, -0.15) is 0 Å². The van der Waals surface area contributed by atoms with Gasteiger partial charge in [-0.3, -0.25) is 0 Å². The van der Waals surface area contributed by atoms with Crippen molar-refractivity contribution in [1.29, 1.82) is 0 Å². The molecule has 0 aliphatic rings. The maximum atomic E-state index is 13.0. The van der Waals surface area contributed by atoms with Crippen molar-refractivity contribution in [2.45, 2.75) is 59.0 Å². The van der Waals surface area contributed by atoms with Gasteiger partial charge in [-0.15, -0.1) is 0 Å². The zero-order chi connectivity index (χ0) is 23.6. The summed E-state index contributed by atoms with van der Waals surface area (Å²) in [5.41, 5.74) is 3.12. The van der Waals surface area contributed by atoms with E-state index in [1.54, 1.807) is 26.2 Å². The minimum absolute atomic E-state index is 0.293. The molecule has 0 heterocycles. The van der Waals surface area contributed by atoms with E-state index in [1.807, 2.05) is 31.2 Å². The first-order chi connectivity index (χ1) is 15.3. The van der Waals surface area contributed by atoms with Crippen LogP contribution in [0.5, 0.6) is 11.5 Å². The minimum atomic E-state index is -0.643. The first-order valence-electron chi connectivity index (χ1n) is 11.2. The Balaban J connectivity index is 2.45. The predicted octanol–water partition coefficient (Wildman–Crippen LogP) is 6.73. The molecule has 0 aromatic heterocycles. The molecule has 172 valence electrons. The Kier molecular flexibility index (Phi) is 9.58. The van der Waals surface area contributed by atoms with Crippen LogP contribution >= 0.6 is 0 Å². The molecular formula is C28H36O4. The third-order valence-corrected chi connectivity index (χ3v) is 5.37. The van der Waals surface area contributed by atoms with Gasteiger partial charge in [-0.25, -0.2) is 4.79 Å². The van der Waals surface area contributed by atoms with Crippen LogP contribution in [0.25, 0.3) is 0 Å². The molecule has 2 aromatic carbocycles. The Morgan fingerprint density at radius 3 is 2.44 bits per heavy atom. The summed E-state index contributed by atoms with van der Waals surface area (Å²) in [5, 5.41) is 0. The van der Waals surface area contributed by atoms with E-state index >= 15 is 0 Å². The van der Waals surface area contributed by atoms with Crippen LogP contribution in [0.4, 0.5) is 0 Å². The predicted molar refractivity (Wildman–Crippen MR) is 131 cm³/mol. The number of methoxy groups -OCH3 is 1. The van der Waals surface area contributed by atoms with Crippen LogP contribution in [0.15, 0.2) is 66.8 Å². The molecule has 2 aromatic rings. The first-order valence-corrected chi connectivity index (χ1v) is 11.2. The summed E-state index contributed by atoms with van der Waals surface area (Å²) < 4.78 is 17.4. The molecule has 0 aliphatic carbocycles. The molecule has 0 amide bonds. The number of esters is 1. The summed E-state index contributed by atoms with van der Waals surface area (Å²) in [6.45, 7) is 12.2. The molecule has 2 rings (SSSR count). The molecule has 0 spiro atoms. The van der Waals surface area contributed by atoms with Gasteiger partial charge in [0.05, 0.1) is 13.7 Å². The fourth-order valence-corrected chi connectivity index (χ4v) is 3.49. The van der Waals surface area contributed by atoms with Gasteiger partial charge in [0.25, 0.3) is 0 Å². The van der Waals surface area contributed by atoms with Crippen molar-refractivity contribution in [3.05, 3.63) is 83.5 Å². The molecule has 1 unspecified atom stereocenters. The van der Waals surface area contributed by atoms with Crippen LogP contribution in [-0.4, -0.2) is 25.3 Å². The second kappa shape index (κ2) is 12.1. The van der Waals surface area contributed by atoms with Crippen LogP contribution in [-0.2, 0) is 17.6 Å². The van der Waals surface area contributed by atoms with Crippen LogP contribution in [0.2, 0.25) is 0 Å². The zero-order valence-corrected chi connectivity index (χ0v) is 20.1. The molecule has 32 heavy (non-hydrogen) atoms. The molecule has 0 saturated heterocycles. The van der Waals surface area contributed by atoms with Crippen LogP contribution in [0, 0.1) is 0 Å². The van der Waals surface area contributed by atoms with Gasteiger partial charge in [0.1, 0.15) is 22.7 Å². The highest BCUT2D eigenvalue weighted by molar-refractivity contribution is 5.94. The number of hydrogen-bond acceptors (Lipinski definition) is 4. The fourth-order valence-electron chi connectivity index (χ4n) is 3.49. The number of carbonyl (C=O) groups excluding carboxylic acids is 1. The maximum Gasteiger partial charge on any atom is 0.342 e. The number of ether oxygens (including phenoxy) is 3. The Labute approximate surface area is 192 Å². The average molecular weight is 437 g/mol. The summed E-state index contributed by atoms with van der Waals surface area (Å²) in [7, 11) is 1.62. The Morgan fingerprint density at radius 1 is 1.12 bits per heavy atom. The fraction of sp³-hybridized carbons (Fsp3) is 0.393. The third-order valence-electron chi connectivity index (χ3n) is 5.37. The third kappa shape index (κ3) is 7.30. The molecule has 1 atom stereocenters. The lowest BCUT2D eigenvalue weighted by Crippen LogP contribution is -2.30. The smallest absolute Gasteiger partial charge is 0.342 e. The second-order valence-corrected chi connectivity index (χ2v) is 8.30. The molecule has 0 fully saturated rings. The standard InChI is InChI=1S/C28H36O4/c1-7-28(5,18-12-13-21(3)4)32-25-20-24(30-6)19-23(26(25)27(29)31-8-2)17-16-22-14-10-9-11-15-22/h7,9-11,13-15,19-20H,1,8,12,16-18H2,2-6H3. The minimum Gasteiger partial charge on any atom is -0.497 e. The largest absolute Gasteiger partial charge is 0.497 e. The number of allylic oxidation sites excluding steroid dienone is 2. The van der Waals surface area contributed by atoms with Gasteiger partial charge in [0.15, 0.2) is 0 Å². The van der Waals surface area contributed by atoms with Gasteiger partial charge < -0.3 is 14.2 Å². The highest BCUT2D eigenvalue weighted by Gasteiger charge is 2.27. The summed E-state index contributed by atoms with van der Waals surface area (Å²) in [6, 6.07) is 13.9. The molecule has 0 radical (unpaired) electrons. The van der Waals surface area contributed by atoms with E-state index in [-0.39, 0.29) is 5.97 Å². The monoisotopic (exact) mass is 436 g/mol. The van der Waals surface area contributed by atoms with Gasteiger partial charge in [-0.05, 0) is 76.6 Å². The Morgan fingerprint density at radius 2 is 1.84 bits per heavy atom. The number of carbonyl (C=O) groups is 1. The lowest BCUT2D eigenvalue weighted by molar-refractivity contribution is 0.0511. The Hall–Kier alpha value is -3.01. The van der Waals surface area contributed by atoms with Crippen molar-refractivity contribution in [1.82, 2.24) is 0 Å². The van der Waals surface area contributed by atoms with Crippen LogP contribution in [0.3, 0.4) is 0 Å². The van der Waals surface area contributed by atoms with Crippen molar-refractivity contribution in [2.75, 3.05) is 13.7 Å². The summed E-state index contributed by atoms with van der Waals surface area (Å²) >= 11 is 0. The van der Waals surface area contributed by atoms with Gasteiger partial charge in [-0.1, -0.05) is 48.6 Å². The number of aryl methyl sites for hydroxylation is 2. The zero-order valence-electron chi connectivity index (χ0n) is 20.1. The van der Waals surface area contributed by atoms with E-state index in [0.717, 1.165) is 24.8 Å². The Bertz CT molecular complexity index is 926. The van der Waals surface area contributed by atoms with E-state index in [2.05, 4.69) is 38.6 Å². The van der Waals surface area contributed by atoms with Crippen molar-refractivity contribution in [3.63, 3.8) is 0 Å². The van der Waals surface area contributed by atoms with Crippen molar-refractivity contribution < 1.29 is 19.0 Å². The summed E-state index contributed by atoms with van der Waals surface area (Å²) in [5.74, 6) is 0.723. The number of rotatable bonds is 12. The van der Waals surface area contributed by atoms with E-state index in [9.17, 15) is 4.79 Å². The lowest BCUT2D eigenvalue weighted by atomic mass is 9.96. The van der Waals surface area contributed by atoms with Gasteiger partial charge >= 0.3 is 5.97 Å². The topological polar surface area (TPSA) is 44.8 Å². The summed E-state index contributed by atoms with van der Waals surface area (Å²) in [4.78, 5) is 13.0. The highest BCUT2D eigenvalue weighted by atomic mass is 16.5. The van der Waals surface area contributed by atoms with Gasteiger partial charge in [0, 0.05) is 6.07 Å². The normalized spacial score (nSPS) is 12.4. The van der Waals surface area contributed by atoms with Crippen molar-refractivity contribution in [3.8, 4) is 11.5 Å². The maximum absolute atomic E-state index is 13.0. The van der Waals surface area contributed by atoms with E-state index < -0.39 is 5.60 Å². The lowest BCUT2D eigenvalue weighted by Gasteiger charge is -2.29. The molecule has 0 saturated carbocycles. The average Bonchev–Trinajstić information content (AvgIpc) is 2.77. The number of benzene rings is 2. The first kappa shape index (κ1) is 25.3. The summed E-state index contributed by atoms with van der Waals surface area (Å²) in [6.07, 6.45) is 7.01. The molecule has 4 nitrogen and oxygen atoms in total. The molecule has 0 N–H and O–H groups in total. The van der Waals surface area contributed by atoms with Gasteiger partial charge in [0.2, 0.25) is 0 Å².